The minimum absolute atomic E-state index is 1.10. The van der Waals surface area contributed by atoms with Crippen LogP contribution in [0.2, 0.25) is 0 Å². The average molecular weight is 171 g/mol. The first-order valence-electron chi connectivity index (χ1n) is 4.83. The Kier molecular flexibility index (Phi) is 32.5. The molecule has 0 amide bonds. The lowest BCUT2D eigenvalue weighted by atomic mass is 10.3. The summed E-state index contributed by atoms with van der Waals surface area (Å²) in [6, 6.07) is 0. The van der Waals surface area contributed by atoms with Crippen molar-refractivity contribution in [3.63, 3.8) is 0 Å². The van der Waals surface area contributed by atoms with Gasteiger partial charge >= 0.3 is 0 Å². The van der Waals surface area contributed by atoms with E-state index in [0.717, 1.165) is 6.42 Å². The van der Waals surface area contributed by atoms with Gasteiger partial charge in [-0.25, -0.2) is 0 Å². The molecule has 74 valence electrons. The second-order valence-corrected chi connectivity index (χ2v) is 1.72. The van der Waals surface area contributed by atoms with Crippen molar-refractivity contribution in [3.8, 4) is 0 Å². The third-order valence-electron chi connectivity index (χ3n) is 1.01. The molecule has 1 nitrogen and oxygen atoms in total. The predicted octanol–water partition coefficient (Wildman–Crippen LogP) is 4.09. The maximum absolute atomic E-state index is 3.51. The van der Waals surface area contributed by atoms with Crippen LogP contribution in [0, 0.1) is 0 Å². The number of rotatable bonds is 3. The lowest BCUT2D eigenvalue weighted by Crippen LogP contribution is -1.91. The minimum Gasteiger partial charge on any atom is -0.368 e. The van der Waals surface area contributed by atoms with Crippen LogP contribution in [0.3, 0.4) is 0 Å². The highest BCUT2D eigenvalue weighted by Gasteiger charge is 1.77. The van der Waals surface area contributed by atoms with Crippen molar-refractivity contribution in [1.82, 2.24) is 5.32 Å². The molecule has 0 spiro atoms. The third-order valence-corrected chi connectivity index (χ3v) is 1.01. The second-order valence-electron chi connectivity index (χ2n) is 1.72. The van der Waals surface area contributed by atoms with Crippen molar-refractivity contribution in [2.75, 3.05) is 0 Å². The Morgan fingerprint density at radius 3 is 1.92 bits per heavy atom. The summed E-state index contributed by atoms with van der Waals surface area (Å²) in [6.07, 6.45) is 4.72. The zero-order chi connectivity index (χ0) is 10.4. The molecule has 0 aliphatic heterocycles. The highest BCUT2D eigenvalue weighted by Crippen LogP contribution is 1.93. The Morgan fingerprint density at radius 2 is 1.67 bits per heavy atom. The normalized spacial score (nSPS) is 8.33. The molecule has 0 bridgehead atoms. The van der Waals surface area contributed by atoms with Gasteiger partial charge in [0.15, 0.2) is 0 Å². The van der Waals surface area contributed by atoms with Crippen molar-refractivity contribution in [2.45, 2.75) is 48.0 Å². The standard InChI is InChI=1S/C7H13N.2C2H6/c1-4-7(3)6-8-5-2;2*1-2/h5-6,8H,2,4H2,1,3H3;2*1-2H3/b7-6+;;. The van der Waals surface area contributed by atoms with Crippen LogP contribution >= 0.6 is 0 Å². The lowest BCUT2D eigenvalue weighted by molar-refractivity contribution is 1.04. The van der Waals surface area contributed by atoms with Crippen molar-refractivity contribution in [3.05, 3.63) is 24.6 Å². The highest BCUT2D eigenvalue weighted by molar-refractivity contribution is 4.96. The molecular weight excluding hydrogens is 146 g/mol. The van der Waals surface area contributed by atoms with Crippen LogP contribution in [0.25, 0.3) is 0 Å². The molecule has 12 heavy (non-hydrogen) atoms. The molecule has 1 N–H and O–H groups in total. The van der Waals surface area contributed by atoms with Crippen molar-refractivity contribution in [1.29, 1.82) is 0 Å². The van der Waals surface area contributed by atoms with E-state index < -0.39 is 0 Å². The Labute approximate surface area is 78.6 Å². The van der Waals surface area contributed by atoms with Crippen LogP contribution in [0.1, 0.15) is 48.0 Å². The molecule has 1 heteroatoms. The van der Waals surface area contributed by atoms with Gasteiger partial charge in [0.25, 0.3) is 0 Å². The molecule has 0 atom stereocenters. The molecule has 0 unspecified atom stereocenters. The molecule has 0 saturated heterocycles. The van der Waals surface area contributed by atoms with E-state index in [9.17, 15) is 0 Å². The fraction of sp³-hybridized carbons (Fsp3) is 0.636. The Morgan fingerprint density at radius 1 is 1.25 bits per heavy atom. The van der Waals surface area contributed by atoms with E-state index in [-0.39, 0.29) is 0 Å². The molecule has 0 saturated carbocycles. The molecule has 0 rings (SSSR count). The van der Waals surface area contributed by atoms with Gasteiger partial charge in [0.2, 0.25) is 0 Å². The van der Waals surface area contributed by atoms with E-state index in [1.165, 1.54) is 5.57 Å². The first-order chi connectivity index (χ1) is 5.81. The molecule has 0 aromatic rings. The predicted molar refractivity (Wildman–Crippen MR) is 60.1 cm³/mol. The fourth-order valence-electron chi connectivity index (χ4n) is 0.303. The van der Waals surface area contributed by atoms with Gasteiger partial charge in [-0.05, 0) is 25.7 Å². The van der Waals surface area contributed by atoms with Gasteiger partial charge in [-0.15, -0.1) is 0 Å². The van der Waals surface area contributed by atoms with E-state index in [2.05, 4.69) is 25.7 Å². The van der Waals surface area contributed by atoms with Crippen LogP contribution < -0.4 is 5.32 Å². The van der Waals surface area contributed by atoms with E-state index in [0.29, 0.717) is 0 Å². The van der Waals surface area contributed by atoms with Crippen molar-refractivity contribution in [2.24, 2.45) is 0 Å². The number of allylic oxidation sites excluding steroid dienone is 1. The molecule has 0 aliphatic rings. The van der Waals surface area contributed by atoms with Crippen LogP contribution in [-0.2, 0) is 0 Å². The fourth-order valence-corrected chi connectivity index (χ4v) is 0.303. The summed E-state index contributed by atoms with van der Waals surface area (Å²) in [5.41, 5.74) is 1.34. The monoisotopic (exact) mass is 171 g/mol. The Balaban J connectivity index is -0.000000175. The quantitative estimate of drug-likeness (QED) is 0.674. The number of hydrogen-bond donors (Lipinski definition) is 1. The topological polar surface area (TPSA) is 12.0 Å². The van der Waals surface area contributed by atoms with Gasteiger partial charge < -0.3 is 5.32 Å². The third kappa shape index (κ3) is 22.8. The van der Waals surface area contributed by atoms with Gasteiger partial charge in [0.1, 0.15) is 0 Å². The van der Waals surface area contributed by atoms with E-state index in [1.807, 2.05) is 33.9 Å². The summed E-state index contributed by atoms with van der Waals surface area (Å²) in [4.78, 5) is 0. The molecule has 0 radical (unpaired) electrons. The van der Waals surface area contributed by atoms with Crippen LogP contribution in [0.5, 0.6) is 0 Å². The van der Waals surface area contributed by atoms with Crippen molar-refractivity contribution >= 4 is 0 Å². The molecular formula is C11H25N. The summed E-state index contributed by atoms with van der Waals surface area (Å²) in [5, 5.41) is 2.90. The number of nitrogens with one attached hydrogen (secondary N) is 1. The highest BCUT2D eigenvalue weighted by atomic mass is 14.8. The van der Waals surface area contributed by atoms with Gasteiger partial charge in [-0.1, -0.05) is 46.8 Å². The van der Waals surface area contributed by atoms with Gasteiger partial charge in [-0.2, -0.15) is 0 Å². The largest absolute Gasteiger partial charge is 0.368 e. The number of hydrogen-bond acceptors (Lipinski definition) is 1. The second kappa shape index (κ2) is 22.4. The Hall–Kier alpha value is -0.720. The average Bonchev–Trinajstić information content (AvgIpc) is 2.20. The minimum atomic E-state index is 1.10. The SMILES string of the molecule is C=CN/C=C(\C)CC.CC.CC. The van der Waals surface area contributed by atoms with E-state index in [1.54, 1.807) is 6.20 Å². The molecule has 0 aromatic heterocycles. The molecule has 0 aliphatic carbocycles. The Bertz CT molecular complexity index is 93.2. The summed E-state index contributed by atoms with van der Waals surface area (Å²) in [6.45, 7) is 15.7. The zero-order valence-corrected chi connectivity index (χ0v) is 9.57. The zero-order valence-electron chi connectivity index (χ0n) is 9.57. The van der Waals surface area contributed by atoms with Crippen molar-refractivity contribution < 1.29 is 0 Å². The first kappa shape index (κ1) is 17.4. The van der Waals surface area contributed by atoms with Crippen LogP contribution in [0.15, 0.2) is 24.6 Å². The first-order valence-corrected chi connectivity index (χ1v) is 4.83. The lowest BCUT2D eigenvalue weighted by Gasteiger charge is -1.92. The van der Waals surface area contributed by atoms with Gasteiger partial charge in [-0.3, -0.25) is 0 Å². The molecule has 0 aromatic carbocycles. The van der Waals surface area contributed by atoms with Crippen LogP contribution in [0.4, 0.5) is 0 Å². The summed E-state index contributed by atoms with van der Waals surface area (Å²) in [5.74, 6) is 0. The van der Waals surface area contributed by atoms with Crippen LogP contribution in [-0.4, -0.2) is 0 Å². The van der Waals surface area contributed by atoms with E-state index >= 15 is 0 Å². The maximum atomic E-state index is 3.51. The summed E-state index contributed by atoms with van der Waals surface area (Å²) >= 11 is 0. The maximum Gasteiger partial charge on any atom is -0.000675 e. The summed E-state index contributed by atoms with van der Waals surface area (Å²) in [7, 11) is 0. The smallest absolute Gasteiger partial charge is 0.000675 e. The molecule has 0 heterocycles. The van der Waals surface area contributed by atoms with E-state index in [4.69, 9.17) is 0 Å². The summed E-state index contributed by atoms with van der Waals surface area (Å²) < 4.78 is 0. The molecule has 0 fully saturated rings. The van der Waals surface area contributed by atoms with Gasteiger partial charge in [0.05, 0.1) is 0 Å². The van der Waals surface area contributed by atoms with Gasteiger partial charge in [0, 0.05) is 0 Å².